The van der Waals surface area contributed by atoms with Gasteiger partial charge in [-0.25, -0.2) is 0 Å². The van der Waals surface area contributed by atoms with E-state index in [0.717, 1.165) is 33.5 Å². The molecule has 0 saturated heterocycles. The van der Waals surface area contributed by atoms with Crippen LogP contribution in [-0.4, -0.2) is 32.2 Å². The van der Waals surface area contributed by atoms with Crippen LogP contribution in [-0.2, 0) is 28.7 Å². The molecule has 0 saturated carbocycles. The van der Waals surface area contributed by atoms with Gasteiger partial charge in [0.25, 0.3) is 0 Å². The lowest BCUT2D eigenvalue weighted by molar-refractivity contribution is -0.117. The van der Waals surface area contributed by atoms with E-state index in [1.807, 2.05) is 24.3 Å². The van der Waals surface area contributed by atoms with Crippen molar-refractivity contribution in [3.63, 3.8) is 0 Å². The first kappa shape index (κ1) is 22.6. The normalized spacial score (nSPS) is 11.8. The Labute approximate surface area is 180 Å². The van der Waals surface area contributed by atoms with Crippen molar-refractivity contribution in [2.45, 2.75) is 37.6 Å². The van der Waals surface area contributed by atoms with Crippen molar-refractivity contribution in [1.29, 1.82) is 0 Å². The van der Waals surface area contributed by atoms with E-state index in [9.17, 15) is 9.36 Å². The van der Waals surface area contributed by atoms with E-state index in [1.54, 1.807) is 11.8 Å². The summed E-state index contributed by atoms with van der Waals surface area (Å²) >= 11 is 1.56. The Kier molecular flexibility index (Phi) is 7.42. The number of thioether (sulfide) groups is 1. The molecule has 4 N–H and O–H groups in total. The first-order chi connectivity index (χ1) is 14.3. The molecule has 0 atom stereocenters. The van der Waals surface area contributed by atoms with E-state index in [-0.39, 0.29) is 18.5 Å². The molecule has 0 aliphatic rings. The molecule has 6 nitrogen and oxygen atoms in total. The highest BCUT2D eigenvalue weighted by molar-refractivity contribution is 7.99. The smallest absolute Gasteiger partial charge is 0.325 e. The molecule has 1 amide bonds. The van der Waals surface area contributed by atoms with Crippen molar-refractivity contribution in [2.75, 3.05) is 11.9 Å². The Morgan fingerprint density at radius 2 is 1.90 bits per heavy atom. The molecule has 8 heteroatoms. The van der Waals surface area contributed by atoms with Gasteiger partial charge in [0.05, 0.1) is 12.6 Å². The number of nitrogens with two attached hydrogens (primary N) is 1. The molecule has 3 aromatic rings. The molecule has 0 spiro atoms. The topological polar surface area (TPSA) is 106 Å². The number of hydrogen-bond donors (Lipinski definition) is 3. The van der Waals surface area contributed by atoms with Crippen LogP contribution in [0.3, 0.4) is 0 Å². The lowest BCUT2D eigenvalue weighted by Crippen LogP contribution is -2.15. The minimum atomic E-state index is -3.96. The standard InChI is InChI=1S/C22H27N2O4PS/c1-2-20-19(14-22(23)25)18-13-17(30-12-6-11-29(26,27)28)9-10-21(18)24(20)15-16-7-4-3-5-8-16/h3-5,7-10,13H,2,6,11-12,14-15H2,1H3,(H2,23,25)(H2,26,27,28). The third kappa shape index (κ3) is 5.76. The predicted molar refractivity (Wildman–Crippen MR) is 122 cm³/mol. The Morgan fingerprint density at radius 1 is 1.17 bits per heavy atom. The van der Waals surface area contributed by atoms with Gasteiger partial charge >= 0.3 is 7.60 Å². The number of primary amides is 1. The van der Waals surface area contributed by atoms with Gasteiger partial charge in [-0.3, -0.25) is 9.36 Å². The number of benzene rings is 2. The van der Waals surface area contributed by atoms with Crippen LogP contribution in [0.2, 0.25) is 0 Å². The summed E-state index contributed by atoms with van der Waals surface area (Å²) in [5.74, 6) is 0.260. The van der Waals surface area contributed by atoms with Crippen LogP contribution in [0.15, 0.2) is 53.4 Å². The Balaban J connectivity index is 1.95. The molecule has 160 valence electrons. The molecule has 2 aromatic carbocycles. The Morgan fingerprint density at radius 3 is 2.53 bits per heavy atom. The van der Waals surface area contributed by atoms with Crippen molar-refractivity contribution in [2.24, 2.45) is 5.73 Å². The highest BCUT2D eigenvalue weighted by Gasteiger charge is 2.18. The number of hydrogen-bond acceptors (Lipinski definition) is 3. The van der Waals surface area contributed by atoms with Crippen molar-refractivity contribution in [3.05, 3.63) is 65.4 Å². The summed E-state index contributed by atoms with van der Waals surface area (Å²) < 4.78 is 13.3. The van der Waals surface area contributed by atoms with Crippen LogP contribution in [0.1, 0.15) is 30.2 Å². The molecule has 0 aliphatic heterocycles. The molecule has 30 heavy (non-hydrogen) atoms. The van der Waals surface area contributed by atoms with Gasteiger partial charge < -0.3 is 20.1 Å². The average molecular weight is 447 g/mol. The fourth-order valence-electron chi connectivity index (χ4n) is 3.73. The molecule has 1 aromatic heterocycles. The Bertz CT molecular complexity index is 1080. The first-order valence-corrected chi connectivity index (χ1v) is 12.7. The molecule has 0 aliphatic carbocycles. The number of nitrogens with zero attached hydrogens (tertiary/aromatic N) is 1. The van der Waals surface area contributed by atoms with Gasteiger partial charge in [0.15, 0.2) is 0 Å². The van der Waals surface area contributed by atoms with Gasteiger partial charge in [-0.05, 0) is 47.9 Å². The van der Waals surface area contributed by atoms with Gasteiger partial charge in [0.2, 0.25) is 5.91 Å². The van der Waals surface area contributed by atoms with E-state index in [4.69, 9.17) is 15.5 Å². The number of fused-ring (bicyclic) bond motifs is 1. The Hall–Kier alpha value is -2.05. The van der Waals surface area contributed by atoms with E-state index in [1.165, 1.54) is 5.56 Å². The maximum atomic E-state index is 11.8. The highest BCUT2D eigenvalue weighted by Crippen LogP contribution is 2.36. The van der Waals surface area contributed by atoms with Crippen molar-refractivity contribution in [1.82, 2.24) is 4.57 Å². The maximum absolute atomic E-state index is 11.8. The molecular formula is C22H27N2O4PS. The largest absolute Gasteiger partial charge is 0.369 e. The summed E-state index contributed by atoms with van der Waals surface area (Å²) in [6.07, 6.45) is 1.31. The minimum absolute atomic E-state index is 0.109. The van der Waals surface area contributed by atoms with Crippen LogP contribution >= 0.6 is 19.4 Å². The fraction of sp³-hybridized carbons (Fsp3) is 0.318. The predicted octanol–water partition coefficient (Wildman–Crippen LogP) is 3.94. The van der Waals surface area contributed by atoms with Gasteiger partial charge in [-0.15, -0.1) is 11.8 Å². The van der Waals surface area contributed by atoms with E-state index in [2.05, 4.69) is 35.8 Å². The van der Waals surface area contributed by atoms with E-state index < -0.39 is 7.60 Å². The van der Waals surface area contributed by atoms with Crippen molar-refractivity contribution in [3.8, 4) is 0 Å². The fourth-order valence-corrected chi connectivity index (χ4v) is 5.40. The SMILES string of the molecule is CCc1c(CC(N)=O)c2cc(SCCCP(=O)(O)O)ccc2n1Cc1ccccc1. The van der Waals surface area contributed by atoms with Crippen LogP contribution < -0.4 is 5.73 Å². The second-order valence-corrected chi connectivity index (χ2v) is 10.2. The van der Waals surface area contributed by atoms with Gasteiger partial charge in [0.1, 0.15) is 0 Å². The average Bonchev–Trinajstić information content (AvgIpc) is 2.97. The second kappa shape index (κ2) is 9.84. The summed E-state index contributed by atoms with van der Waals surface area (Å²) in [6.45, 7) is 2.80. The number of carbonyl (C=O) groups is 1. The van der Waals surface area contributed by atoms with Gasteiger partial charge in [0, 0.05) is 28.0 Å². The number of aromatic nitrogens is 1. The summed E-state index contributed by atoms with van der Waals surface area (Å²) in [7, 11) is -3.96. The lowest BCUT2D eigenvalue weighted by Gasteiger charge is -2.11. The van der Waals surface area contributed by atoms with Crippen LogP contribution in [0, 0.1) is 0 Å². The van der Waals surface area contributed by atoms with E-state index in [0.29, 0.717) is 18.7 Å². The molecule has 1 heterocycles. The van der Waals surface area contributed by atoms with E-state index >= 15 is 0 Å². The molecule has 0 fully saturated rings. The maximum Gasteiger partial charge on any atom is 0.325 e. The summed E-state index contributed by atoms with van der Waals surface area (Å²) in [4.78, 5) is 30.8. The second-order valence-electron chi connectivity index (χ2n) is 7.26. The lowest BCUT2D eigenvalue weighted by atomic mass is 10.1. The minimum Gasteiger partial charge on any atom is -0.369 e. The number of rotatable bonds is 10. The van der Waals surface area contributed by atoms with Crippen LogP contribution in [0.5, 0.6) is 0 Å². The zero-order chi connectivity index (χ0) is 21.7. The zero-order valence-corrected chi connectivity index (χ0v) is 18.7. The highest BCUT2D eigenvalue weighted by atomic mass is 32.2. The molecule has 0 bridgehead atoms. The van der Waals surface area contributed by atoms with Gasteiger partial charge in [-0.2, -0.15) is 0 Å². The molecular weight excluding hydrogens is 419 g/mol. The summed E-state index contributed by atoms with van der Waals surface area (Å²) in [5, 5.41) is 1.02. The first-order valence-electron chi connectivity index (χ1n) is 9.92. The van der Waals surface area contributed by atoms with Gasteiger partial charge in [-0.1, -0.05) is 37.3 Å². The summed E-state index contributed by atoms with van der Waals surface area (Å²) in [5.41, 5.74) is 9.87. The molecule has 0 radical (unpaired) electrons. The zero-order valence-electron chi connectivity index (χ0n) is 17.0. The number of carbonyl (C=O) groups excluding carboxylic acids is 1. The summed E-state index contributed by atoms with van der Waals surface area (Å²) in [6, 6.07) is 16.4. The van der Waals surface area contributed by atoms with Crippen molar-refractivity contribution >= 4 is 36.2 Å². The van der Waals surface area contributed by atoms with Crippen LogP contribution in [0.25, 0.3) is 10.9 Å². The third-order valence-corrected chi connectivity index (χ3v) is 6.97. The monoisotopic (exact) mass is 446 g/mol. The molecule has 3 rings (SSSR count). The quantitative estimate of drug-likeness (QED) is 0.249. The number of amides is 1. The van der Waals surface area contributed by atoms with Crippen LogP contribution in [0.4, 0.5) is 0 Å². The molecule has 0 unspecified atom stereocenters. The third-order valence-electron chi connectivity index (χ3n) is 4.99. The van der Waals surface area contributed by atoms with Crippen molar-refractivity contribution < 1.29 is 19.1 Å².